The van der Waals surface area contributed by atoms with E-state index < -0.39 is 0 Å². The summed E-state index contributed by atoms with van der Waals surface area (Å²) in [5.41, 5.74) is 2.71. The number of nitrogens with zero attached hydrogens (tertiary/aromatic N) is 3. The minimum atomic E-state index is 0.631. The fraction of sp³-hybridized carbons (Fsp3) is 0.577. The molecule has 0 spiro atoms. The maximum Gasteiger partial charge on any atom is 0.214 e. The van der Waals surface area contributed by atoms with E-state index in [0.29, 0.717) is 12.5 Å². The van der Waals surface area contributed by atoms with Crippen molar-refractivity contribution in [3.63, 3.8) is 0 Å². The quantitative estimate of drug-likeness (QED) is 0.213. The van der Waals surface area contributed by atoms with Crippen molar-refractivity contribution < 1.29 is 4.74 Å². The molecule has 0 amide bonds. The lowest BCUT2D eigenvalue weighted by molar-refractivity contribution is 0.261. The molecule has 174 valence electrons. The zero-order valence-electron chi connectivity index (χ0n) is 20.4. The van der Waals surface area contributed by atoms with Gasteiger partial charge in [0, 0.05) is 51.9 Å². The molecule has 0 aliphatic rings. The first-order valence-corrected chi connectivity index (χ1v) is 11.8. The average molecular weight is 429 g/mol. The van der Waals surface area contributed by atoms with Gasteiger partial charge in [-0.3, -0.25) is 4.90 Å². The molecule has 5 heteroatoms. The summed E-state index contributed by atoms with van der Waals surface area (Å²) in [5, 5.41) is 2.94. The summed E-state index contributed by atoms with van der Waals surface area (Å²) in [7, 11) is 3.94. The van der Waals surface area contributed by atoms with Crippen molar-refractivity contribution in [2.75, 3.05) is 33.8 Å². The average Bonchev–Trinajstić information content (AvgIpc) is 2.76. The van der Waals surface area contributed by atoms with E-state index in [1.165, 1.54) is 36.9 Å². The molecular formula is C26H44N4O. The van der Waals surface area contributed by atoms with Gasteiger partial charge in [0.1, 0.15) is 0 Å². The topological polar surface area (TPSA) is 40.1 Å². The molecular weight excluding hydrogens is 384 g/mol. The van der Waals surface area contributed by atoms with Crippen LogP contribution >= 0.6 is 0 Å². The fourth-order valence-electron chi connectivity index (χ4n) is 3.22. The second-order valence-electron chi connectivity index (χ2n) is 7.95. The van der Waals surface area contributed by atoms with Crippen LogP contribution in [-0.4, -0.2) is 49.5 Å². The predicted molar refractivity (Wildman–Crippen MR) is 134 cm³/mol. The van der Waals surface area contributed by atoms with Gasteiger partial charge in [-0.2, -0.15) is 0 Å². The number of ether oxygens (including phenoxy) is 1. The van der Waals surface area contributed by atoms with Gasteiger partial charge in [0.2, 0.25) is 5.90 Å². The highest BCUT2D eigenvalue weighted by atomic mass is 16.5. The van der Waals surface area contributed by atoms with Crippen LogP contribution in [0.25, 0.3) is 0 Å². The second kappa shape index (κ2) is 17.4. The van der Waals surface area contributed by atoms with Crippen LogP contribution in [0.5, 0.6) is 0 Å². The van der Waals surface area contributed by atoms with Gasteiger partial charge in [-0.05, 0) is 43.5 Å². The van der Waals surface area contributed by atoms with Crippen molar-refractivity contribution in [3.05, 3.63) is 60.1 Å². The van der Waals surface area contributed by atoms with Gasteiger partial charge in [-0.25, -0.2) is 4.99 Å². The molecule has 0 aliphatic carbocycles. The molecule has 31 heavy (non-hydrogen) atoms. The normalized spacial score (nSPS) is 12.3. The zero-order chi connectivity index (χ0) is 22.7. The van der Waals surface area contributed by atoms with E-state index in [4.69, 9.17) is 4.74 Å². The van der Waals surface area contributed by atoms with Crippen molar-refractivity contribution in [2.45, 2.75) is 66.0 Å². The highest BCUT2D eigenvalue weighted by Gasteiger charge is 2.06. The molecule has 0 fully saturated rings. The molecule has 0 saturated heterocycles. The zero-order valence-corrected chi connectivity index (χ0v) is 20.4. The van der Waals surface area contributed by atoms with Crippen LogP contribution in [-0.2, 0) is 17.8 Å². The SMILES string of the molecule is CCCCOC(/C=C/N(C)Cc1cccc(CN(CCC)CCCC)c1)=N\C=C\NC. The molecule has 1 aromatic rings. The Morgan fingerprint density at radius 2 is 1.77 bits per heavy atom. The lowest BCUT2D eigenvalue weighted by Gasteiger charge is -2.22. The molecule has 0 unspecified atom stereocenters. The number of nitrogens with one attached hydrogen (secondary N) is 1. The molecule has 5 nitrogen and oxygen atoms in total. The van der Waals surface area contributed by atoms with Crippen LogP contribution in [0.4, 0.5) is 0 Å². The maximum absolute atomic E-state index is 5.80. The van der Waals surface area contributed by atoms with Crippen LogP contribution in [0.15, 0.2) is 53.9 Å². The Morgan fingerprint density at radius 1 is 1.03 bits per heavy atom. The summed E-state index contributed by atoms with van der Waals surface area (Å²) in [6.07, 6.45) is 13.3. The first-order chi connectivity index (χ1) is 15.1. The minimum Gasteiger partial charge on any atom is -0.478 e. The van der Waals surface area contributed by atoms with Crippen molar-refractivity contribution in [1.82, 2.24) is 15.1 Å². The van der Waals surface area contributed by atoms with E-state index in [9.17, 15) is 0 Å². The van der Waals surface area contributed by atoms with Crippen LogP contribution in [0.2, 0.25) is 0 Å². The molecule has 0 aromatic heterocycles. The van der Waals surface area contributed by atoms with Crippen molar-refractivity contribution in [2.24, 2.45) is 4.99 Å². The Kier molecular flexibility index (Phi) is 15.0. The lowest BCUT2D eigenvalue weighted by atomic mass is 10.1. The van der Waals surface area contributed by atoms with Crippen molar-refractivity contribution in [1.29, 1.82) is 0 Å². The monoisotopic (exact) mass is 428 g/mol. The van der Waals surface area contributed by atoms with Gasteiger partial charge >= 0.3 is 0 Å². The van der Waals surface area contributed by atoms with Crippen molar-refractivity contribution >= 4 is 5.90 Å². The van der Waals surface area contributed by atoms with Gasteiger partial charge < -0.3 is 15.0 Å². The Morgan fingerprint density at radius 3 is 2.45 bits per heavy atom. The van der Waals surface area contributed by atoms with Crippen LogP contribution in [0.1, 0.15) is 64.0 Å². The van der Waals surface area contributed by atoms with Crippen molar-refractivity contribution in [3.8, 4) is 0 Å². The summed E-state index contributed by atoms with van der Waals surface area (Å²) in [6.45, 7) is 11.6. The molecule has 1 rings (SSSR count). The van der Waals surface area contributed by atoms with E-state index in [-0.39, 0.29) is 0 Å². The largest absolute Gasteiger partial charge is 0.478 e. The van der Waals surface area contributed by atoms with Gasteiger partial charge in [-0.1, -0.05) is 57.9 Å². The standard InChI is InChI=1S/C26H44N4O/c1-6-9-18-30(17-8-3)23-25-13-11-12-24(21-25)22-29(5)19-14-26(28-16-15-27-4)31-20-10-7-2/h11-16,19,21,27H,6-10,17-18,20,22-23H2,1-5H3/b16-15+,19-14+,28-26-. The van der Waals surface area contributed by atoms with Gasteiger partial charge in [0.25, 0.3) is 0 Å². The van der Waals surface area contributed by atoms with Gasteiger partial charge in [-0.15, -0.1) is 0 Å². The summed E-state index contributed by atoms with van der Waals surface area (Å²) < 4.78 is 5.80. The first-order valence-electron chi connectivity index (χ1n) is 11.8. The molecule has 0 atom stereocenters. The summed E-state index contributed by atoms with van der Waals surface area (Å²) >= 11 is 0. The number of aliphatic imine (C=N–C) groups is 1. The summed E-state index contributed by atoms with van der Waals surface area (Å²) in [4.78, 5) is 9.12. The maximum atomic E-state index is 5.80. The Bertz CT molecular complexity index is 669. The van der Waals surface area contributed by atoms with Crippen LogP contribution in [0, 0.1) is 0 Å². The molecule has 0 aliphatic heterocycles. The van der Waals surface area contributed by atoms with Gasteiger partial charge in [0.15, 0.2) is 0 Å². The third-order valence-corrected chi connectivity index (χ3v) is 4.86. The third-order valence-electron chi connectivity index (χ3n) is 4.86. The minimum absolute atomic E-state index is 0.631. The molecule has 0 bridgehead atoms. The fourth-order valence-corrected chi connectivity index (χ4v) is 3.22. The molecule has 0 saturated carbocycles. The Balaban J connectivity index is 2.72. The smallest absolute Gasteiger partial charge is 0.214 e. The molecule has 0 heterocycles. The Hall–Kier alpha value is -2.27. The highest BCUT2D eigenvalue weighted by molar-refractivity contribution is 5.88. The summed E-state index contributed by atoms with van der Waals surface area (Å²) in [6, 6.07) is 8.96. The van der Waals surface area contributed by atoms with E-state index in [1.807, 2.05) is 19.3 Å². The van der Waals surface area contributed by atoms with E-state index in [0.717, 1.165) is 32.5 Å². The van der Waals surface area contributed by atoms with E-state index >= 15 is 0 Å². The van der Waals surface area contributed by atoms with Crippen LogP contribution in [0.3, 0.4) is 0 Å². The van der Waals surface area contributed by atoms with Crippen LogP contribution < -0.4 is 5.32 Å². The van der Waals surface area contributed by atoms with E-state index in [1.54, 1.807) is 12.4 Å². The number of hydrogen-bond acceptors (Lipinski definition) is 5. The summed E-state index contributed by atoms with van der Waals surface area (Å²) in [5.74, 6) is 0.631. The molecule has 0 radical (unpaired) electrons. The third kappa shape index (κ3) is 12.9. The van der Waals surface area contributed by atoms with E-state index in [2.05, 4.69) is 72.2 Å². The second-order valence-corrected chi connectivity index (χ2v) is 7.95. The number of hydrogen-bond donors (Lipinski definition) is 1. The number of unbranched alkanes of at least 4 members (excludes halogenated alkanes) is 2. The predicted octanol–water partition coefficient (Wildman–Crippen LogP) is 5.55. The van der Waals surface area contributed by atoms with Gasteiger partial charge in [0.05, 0.1) is 6.61 Å². The number of rotatable bonds is 16. The lowest BCUT2D eigenvalue weighted by Crippen LogP contribution is -2.25. The Labute approximate surface area is 190 Å². The molecule has 1 aromatic carbocycles. The highest BCUT2D eigenvalue weighted by Crippen LogP contribution is 2.12. The number of benzene rings is 1. The molecule has 1 N–H and O–H groups in total. The first kappa shape index (κ1) is 26.8.